The lowest BCUT2D eigenvalue weighted by atomic mass is 9.96. The number of pyridine rings is 1. The largest absolute Gasteiger partial charge is 0.487 e. The topological polar surface area (TPSA) is 71.5 Å². The highest BCUT2D eigenvalue weighted by atomic mass is 35.5. The van der Waals surface area contributed by atoms with Gasteiger partial charge in [-0.25, -0.2) is 0 Å². The van der Waals surface area contributed by atoms with Gasteiger partial charge in [0.25, 0.3) is 5.91 Å². The van der Waals surface area contributed by atoms with Crippen LogP contribution in [0.3, 0.4) is 0 Å². The number of aromatic nitrogens is 1. The van der Waals surface area contributed by atoms with Crippen molar-refractivity contribution < 1.29 is 14.6 Å². The van der Waals surface area contributed by atoms with Crippen molar-refractivity contribution >= 4 is 23.2 Å². The molecule has 29 heavy (non-hydrogen) atoms. The van der Waals surface area contributed by atoms with Gasteiger partial charge in [0.2, 0.25) is 0 Å². The van der Waals surface area contributed by atoms with Crippen LogP contribution in [0.1, 0.15) is 24.5 Å². The number of benzene rings is 2. The van der Waals surface area contributed by atoms with E-state index in [0.717, 1.165) is 11.1 Å². The number of carbonyl (C=O) groups excluding carboxylic acids is 1. The van der Waals surface area contributed by atoms with Crippen LogP contribution >= 0.6 is 11.6 Å². The van der Waals surface area contributed by atoms with E-state index >= 15 is 0 Å². The summed E-state index contributed by atoms with van der Waals surface area (Å²) in [4.78, 5) is 16.6. The minimum absolute atomic E-state index is 0.308. The average Bonchev–Trinajstić information content (AvgIpc) is 2.73. The van der Waals surface area contributed by atoms with Gasteiger partial charge in [0.1, 0.15) is 18.0 Å². The molecule has 0 aliphatic rings. The highest BCUT2D eigenvalue weighted by Gasteiger charge is 2.30. The molecule has 1 atom stereocenters. The maximum atomic E-state index is 12.5. The third-order valence-electron chi connectivity index (χ3n) is 4.54. The van der Waals surface area contributed by atoms with Crippen molar-refractivity contribution in [3.8, 4) is 5.75 Å². The summed E-state index contributed by atoms with van der Waals surface area (Å²) in [7, 11) is 0. The monoisotopic (exact) mass is 410 g/mol. The molecule has 0 bridgehead atoms. The van der Waals surface area contributed by atoms with E-state index < -0.39 is 11.5 Å². The number of hydrogen-bond acceptors (Lipinski definition) is 4. The Morgan fingerprint density at radius 2 is 1.90 bits per heavy atom. The van der Waals surface area contributed by atoms with Gasteiger partial charge in [0.05, 0.1) is 5.02 Å². The predicted octanol–water partition coefficient (Wildman–Crippen LogP) is 4.64. The first-order chi connectivity index (χ1) is 13.9. The van der Waals surface area contributed by atoms with Crippen molar-refractivity contribution in [3.05, 3.63) is 89.2 Å². The van der Waals surface area contributed by atoms with E-state index in [9.17, 15) is 9.90 Å². The molecule has 0 spiro atoms. The number of amides is 1. The quantitative estimate of drug-likeness (QED) is 0.567. The van der Waals surface area contributed by atoms with Crippen LogP contribution in [-0.2, 0) is 17.8 Å². The van der Waals surface area contributed by atoms with E-state index in [1.807, 2.05) is 42.5 Å². The molecule has 150 valence electrons. The van der Waals surface area contributed by atoms with Crippen LogP contribution in [0.15, 0.2) is 73.1 Å². The van der Waals surface area contributed by atoms with E-state index in [-0.39, 0.29) is 0 Å². The molecule has 2 aromatic carbocycles. The zero-order chi connectivity index (χ0) is 20.7. The SMILES string of the molecule is CC(O)(CCc1ccccc1)C(=O)Nc1ccc(OCc2cccnc2)c(Cl)c1. The summed E-state index contributed by atoms with van der Waals surface area (Å²) in [6.07, 6.45) is 4.33. The van der Waals surface area contributed by atoms with Crippen LogP contribution in [0.25, 0.3) is 0 Å². The minimum Gasteiger partial charge on any atom is -0.487 e. The first kappa shape index (κ1) is 20.8. The average molecular weight is 411 g/mol. The summed E-state index contributed by atoms with van der Waals surface area (Å²) in [6.45, 7) is 1.85. The second-order valence-electron chi connectivity index (χ2n) is 7.01. The summed E-state index contributed by atoms with van der Waals surface area (Å²) >= 11 is 6.28. The standard InChI is InChI=1S/C23H23ClN2O3/c1-23(28,12-11-17-6-3-2-4-7-17)22(27)26-19-9-10-21(20(24)14-19)29-16-18-8-5-13-25-15-18/h2-10,13-15,28H,11-12,16H2,1H3,(H,26,27). The van der Waals surface area contributed by atoms with Gasteiger partial charge in [0.15, 0.2) is 0 Å². The third kappa shape index (κ3) is 6.04. The fraction of sp³-hybridized carbons (Fsp3) is 0.217. The van der Waals surface area contributed by atoms with Crippen molar-refractivity contribution in [3.63, 3.8) is 0 Å². The summed E-state index contributed by atoms with van der Waals surface area (Å²) in [5, 5.41) is 13.7. The second-order valence-corrected chi connectivity index (χ2v) is 7.42. The van der Waals surface area contributed by atoms with Gasteiger partial charge in [-0.3, -0.25) is 9.78 Å². The van der Waals surface area contributed by atoms with Crippen LogP contribution in [0.5, 0.6) is 5.75 Å². The van der Waals surface area contributed by atoms with Crippen LogP contribution in [-0.4, -0.2) is 21.6 Å². The minimum atomic E-state index is -1.50. The molecule has 1 amide bonds. The van der Waals surface area contributed by atoms with Crippen LogP contribution in [0.2, 0.25) is 5.02 Å². The fourth-order valence-electron chi connectivity index (χ4n) is 2.75. The maximum absolute atomic E-state index is 12.5. The number of ether oxygens (including phenoxy) is 1. The molecule has 2 N–H and O–H groups in total. The molecule has 3 aromatic rings. The van der Waals surface area contributed by atoms with Gasteiger partial charge in [-0.15, -0.1) is 0 Å². The van der Waals surface area contributed by atoms with Gasteiger partial charge in [0, 0.05) is 23.6 Å². The predicted molar refractivity (Wildman–Crippen MR) is 114 cm³/mol. The number of aliphatic hydroxyl groups is 1. The Morgan fingerprint density at radius 1 is 1.14 bits per heavy atom. The van der Waals surface area contributed by atoms with Gasteiger partial charge in [-0.2, -0.15) is 0 Å². The van der Waals surface area contributed by atoms with E-state index in [1.165, 1.54) is 6.92 Å². The van der Waals surface area contributed by atoms with Crippen molar-refractivity contribution in [1.82, 2.24) is 4.98 Å². The normalized spacial score (nSPS) is 12.8. The number of anilines is 1. The Morgan fingerprint density at radius 3 is 2.59 bits per heavy atom. The zero-order valence-corrected chi connectivity index (χ0v) is 16.9. The number of rotatable bonds is 8. The molecule has 0 radical (unpaired) electrons. The van der Waals surface area contributed by atoms with Crippen molar-refractivity contribution in [2.75, 3.05) is 5.32 Å². The lowest BCUT2D eigenvalue weighted by Gasteiger charge is -2.22. The summed E-state index contributed by atoms with van der Waals surface area (Å²) < 4.78 is 5.70. The van der Waals surface area contributed by atoms with Crippen molar-refractivity contribution in [2.45, 2.75) is 32.0 Å². The summed E-state index contributed by atoms with van der Waals surface area (Å²) in [5.74, 6) is 0.0258. The maximum Gasteiger partial charge on any atom is 0.256 e. The number of carbonyl (C=O) groups is 1. The Bertz CT molecular complexity index is 947. The third-order valence-corrected chi connectivity index (χ3v) is 4.83. The molecule has 1 unspecified atom stereocenters. The Balaban J connectivity index is 1.57. The summed E-state index contributed by atoms with van der Waals surface area (Å²) in [5.41, 5.74) is 0.987. The molecule has 5 nitrogen and oxygen atoms in total. The number of halogens is 1. The van der Waals surface area contributed by atoms with Crippen LogP contribution < -0.4 is 10.1 Å². The number of nitrogens with one attached hydrogen (secondary N) is 1. The lowest BCUT2D eigenvalue weighted by Crippen LogP contribution is -2.40. The fourth-order valence-corrected chi connectivity index (χ4v) is 2.99. The van der Waals surface area contributed by atoms with Crippen LogP contribution in [0, 0.1) is 0 Å². The van der Waals surface area contributed by atoms with E-state index in [1.54, 1.807) is 30.6 Å². The van der Waals surface area contributed by atoms with E-state index in [4.69, 9.17) is 16.3 Å². The number of nitrogens with zero attached hydrogens (tertiary/aromatic N) is 1. The molecular weight excluding hydrogens is 388 g/mol. The molecule has 3 rings (SSSR count). The van der Waals surface area contributed by atoms with E-state index in [0.29, 0.717) is 35.9 Å². The molecule has 0 fully saturated rings. The number of aryl methyl sites for hydroxylation is 1. The Kier molecular flexibility index (Phi) is 6.86. The zero-order valence-electron chi connectivity index (χ0n) is 16.1. The first-order valence-corrected chi connectivity index (χ1v) is 9.71. The number of hydrogen-bond donors (Lipinski definition) is 2. The molecular formula is C23H23ClN2O3. The van der Waals surface area contributed by atoms with Crippen LogP contribution in [0.4, 0.5) is 5.69 Å². The molecule has 0 aliphatic heterocycles. The van der Waals surface area contributed by atoms with Gasteiger partial charge < -0.3 is 15.2 Å². The van der Waals surface area contributed by atoms with Gasteiger partial charge in [-0.1, -0.05) is 48.0 Å². The van der Waals surface area contributed by atoms with Gasteiger partial charge in [-0.05, 0) is 49.6 Å². The highest BCUT2D eigenvalue weighted by Crippen LogP contribution is 2.29. The first-order valence-electron chi connectivity index (χ1n) is 9.33. The molecule has 0 aliphatic carbocycles. The molecule has 0 saturated carbocycles. The smallest absolute Gasteiger partial charge is 0.256 e. The molecule has 1 aromatic heterocycles. The lowest BCUT2D eigenvalue weighted by molar-refractivity contribution is -0.132. The van der Waals surface area contributed by atoms with Crippen molar-refractivity contribution in [2.24, 2.45) is 0 Å². The van der Waals surface area contributed by atoms with E-state index in [2.05, 4.69) is 10.3 Å². The molecule has 6 heteroatoms. The Labute approximate surface area is 175 Å². The van der Waals surface area contributed by atoms with Crippen molar-refractivity contribution in [1.29, 1.82) is 0 Å². The second kappa shape index (κ2) is 9.54. The Hall–Kier alpha value is -2.89. The van der Waals surface area contributed by atoms with Gasteiger partial charge >= 0.3 is 0 Å². The molecule has 1 heterocycles. The summed E-state index contributed by atoms with van der Waals surface area (Å²) in [6, 6.07) is 18.5. The highest BCUT2D eigenvalue weighted by molar-refractivity contribution is 6.32. The molecule has 0 saturated heterocycles.